The maximum atomic E-state index is 13.1. The topological polar surface area (TPSA) is 87.5 Å². The van der Waals surface area contributed by atoms with Crippen molar-refractivity contribution in [2.24, 2.45) is 0 Å². The van der Waals surface area contributed by atoms with E-state index in [0.717, 1.165) is 16.5 Å². The first kappa shape index (κ1) is 16.7. The molecule has 5 rings (SSSR count). The van der Waals surface area contributed by atoms with Gasteiger partial charge in [-0.2, -0.15) is 0 Å². The van der Waals surface area contributed by atoms with Crippen LogP contribution in [0.25, 0.3) is 22.3 Å². The highest BCUT2D eigenvalue weighted by molar-refractivity contribution is 5.85. The number of cyclic esters (lactones) is 1. The highest BCUT2D eigenvalue weighted by atomic mass is 16.6. The number of carbonyl (C=O) groups is 2. The predicted octanol–water partition coefficient (Wildman–Crippen LogP) is 2.48. The highest BCUT2D eigenvalue weighted by Crippen LogP contribution is 2.36. The first-order valence-corrected chi connectivity index (χ1v) is 9.08. The number of ether oxygens (including phenoxy) is 2. The molecule has 0 spiro atoms. The standard InChI is InChI=1S/C21H16N2O5/c1-2-17(24)28-19-13-8-16-18-12(7-11-5-3-4-6-15(11)22-18)9-23(16)20(25)14(13)10-27-21(19)26/h3-8,19H,2,9-10H2,1H3. The summed E-state index contributed by atoms with van der Waals surface area (Å²) < 4.78 is 12.0. The summed E-state index contributed by atoms with van der Waals surface area (Å²) in [5.41, 5.74) is 3.57. The van der Waals surface area contributed by atoms with Crippen LogP contribution in [0.4, 0.5) is 0 Å². The van der Waals surface area contributed by atoms with E-state index in [1.807, 2.05) is 30.3 Å². The first-order valence-electron chi connectivity index (χ1n) is 9.08. The number of nitrogens with zero attached hydrogens (tertiary/aromatic N) is 2. The molecule has 0 saturated carbocycles. The third-order valence-corrected chi connectivity index (χ3v) is 5.20. The van der Waals surface area contributed by atoms with Gasteiger partial charge in [-0.3, -0.25) is 9.59 Å². The molecule has 28 heavy (non-hydrogen) atoms. The van der Waals surface area contributed by atoms with Crippen molar-refractivity contribution in [2.45, 2.75) is 32.6 Å². The Morgan fingerprint density at radius 3 is 2.93 bits per heavy atom. The number of hydrogen-bond donors (Lipinski definition) is 0. The summed E-state index contributed by atoms with van der Waals surface area (Å²) in [6.45, 7) is 1.92. The number of aromatic nitrogens is 2. The number of pyridine rings is 2. The molecule has 4 heterocycles. The van der Waals surface area contributed by atoms with Gasteiger partial charge in [0.05, 0.1) is 29.0 Å². The summed E-state index contributed by atoms with van der Waals surface area (Å²) in [4.78, 5) is 41.8. The van der Waals surface area contributed by atoms with Crippen LogP contribution < -0.4 is 5.56 Å². The molecule has 0 radical (unpaired) electrons. The van der Waals surface area contributed by atoms with Crippen LogP contribution in [0.15, 0.2) is 41.2 Å². The second-order valence-corrected chi connectivity index (χ2v) is 6.87. The molecule has 140 valence electrons. The van der Waals surface area contributed by atoms with Crippen molar-refractivity contribution in [3.63, 3.8) is 0 Å². The molecule has 0 amide bonds. The fraction of sp³-hybridized carbons (Fsp3) is 0.238. The van der Waals surface area contributed by atoms with Crippen molar-refractivity contribution >= 4 is 22.8 Å². The quantitative estimate of drug-likeness (QED) is 0.500. The SMILES string of the molecule is CCC(=O)OC1C(=O)OCc2c1cc1n(c2=O)Cc2cc3ccccc3nc2-1. The number of fused-ring (bicyclic) bond motifs is 5. The zero-order chi connectivity index (χ0) is 19.4. The Morgan fingerprint density at radius 2 is 2.11 bits per heavy atom. The minimum Gasteiger partial charge on any atom is -0.458 e. The fourth-order valence-corrected chi connectivity index (χ4v) is 3.78. The first-order chi connectivity index (χ1) is 13.6. The number of hydrogen-bond acceptors (Lipinski definition) is 6. The maximum absolute atomic E-state index is 13.1. The van der Waals surface area contributed by atoms with Crippen LogP contribution in [-0.2, 0) is 32.2 Å². The molecule has 3 aromatic rings. The molecule has 1 atom stereocenters. The van der Waals surface area contributed by atoms with Gasteiger partial charge in [0.2, 0.25) is 6.10 Å². The average Bonchev–Trinajstić information content (AvgIpc) is 3.06. The van der Waals surface area contributed by atoms with E-state index in [1.54, 1.807) is 17.6 Å². The van der Waals surface area contributed by atoms with E-state index in [2.05, 4.69) is 0 Å². The lowest BCUT2D eigenvalue weighted by Crippen LogP contribution is -2.34. The monoisotopic (exact) mass is 376 g/mol. The van der Waals surface area contributed by atoms with Gasteiger partial charge >= 0.3 is 11.9 Å². The van der Waals surface area contributed by atoms with Crippen LogP contribution in [0.5, 0.6) is 0 Å². The van der Waals surface area contributed by atoms with E-state index >= 15 is 0 Å². The molecule has 7 nitrogen and oxygen atoms in total. The summed E-state index contributed by atoms with van der Waals surface area (Å²) in [5.74, 6) is -1.19. The van der Waals surface area contributed by atoms with Gasteiger partial charge in [-0.15, -0.1) is 0 Å². The molecule has 0 aliphatic carbocycles. The number of benzene rings is 1. The lowest BCUT2D eigenvalue weighted by atomic mass is 10.00. The molecule has 1 aromatic carbocycles. The second-order valence-electron chi connectivity index (χ2n) is 6.87. The van der Waals surface area contributed by atoms with Crippen molar-refractivity contribution in [3.8, 4) is 11.4 Å². The van der Waals surface area contributed by atoms with Gasteiger partial charge in [0.1, 0.15) is 6.61 Å². The van der Waals surface area contributed by atoms with Gasteiger partial charge in [0, 0.05) is 22.9 Å². The van der Waals surface area contributed by atoms with Crippen molar-refractivity contribution in [3.05, 3.63) is 63.4 Å². The summed E-state index contributed by atoms with van der Waals surface area (Å²) in [6.07, 6.45) is -1.10. The molecule has 2 aliphatic heterocycles. The Balaban J connectivity index is 1.71. The van der Waals surface area contributed by atoms with E-state index in [9.17, 15) is 14.4 Å². The van der Waals surface area contributed by atoms with Gasteiger partial charge in [0.25, 0.3) is 5.56 Å². The van der Waals surface area contributed by atoms with Crippen LogP contribution >= 0.6 is 0 Å². The van der Waals surface area contributed by atoms with Crippen molar-refractivity contribution in [1.29, 1.82) is 0 Å². The zero-order valence-electron chi connectivity index (χ0n) is 15.1. The number of carbonyl (C=O) groups excluding carboxylic acids is 2. The molecule has 0 bridgehead atoms. The lowest BCUT2D eigenvalue weighted by molar-refractivity contribution is -0.171. The number of rotatable bonds is 2. The minimum absolute atomic E-state index is 0.124. The Kier molecular flexibility index (Phi) is 3.58. The van der Waals surface area contributed by atoms with Crippen LogP contribution in [0.1, 0.15) is 36.1 Å². The van der Waals surface area contributed by atoms with E-state index < -0.39 is 18.0 Å². The van der Waals surface area contributed by atoms with Gasteiger partial charge in [-0.25, -0.2) is 9.78 Å². The third kappa shape index (κ3) is 2.36. The largest absolute Gasteiger partial charge is 0.458 e. The maximum Gasteiger partial charge on any atom is 0.352 e. The molecule has 1 unspecified atom stereocenters. The van der Waals surface area contributed by atoms with Crippen molar-refractivity contribution < 1.29 is 19.1 Å². The van der Waals surface area contributed by atoms with Crippen molar-refractivity contribution in [2.75, 3.05) is 0 Å². The van der Waals surface area contributed by atoms with Crippen LogP contribution in [0, 0.1) is 0 Å². The van der Waals surface area contributed by atoms with Crippen molar-refractivity contribution in [1.82, 2.24) is 9.55 Å². The Bertz CT molecular complexity index is 1230. The van der Waals surface area contributed by atoms with E-state index in [4.69, 9.17) is 14.5 Å². The molecular formula is C21H16N2O5. The van der Waals surface area contributed by atoms with Gasteiger partial charge in [-0.05, 0) is 18.2 Å². The van der Waals surface area contributed by atoms with E-state index in [0.29, 0.717) is 29.1 Å². The van der Waals surface area contributed by atoms with E-state index in [-0.39, 0.29) is 18.6 Å². The Hall–Kier alpha value is -3.48. The average molecular weight is 376 g/mol. The summed E-state index contributed by atoms with van der Waals surface area (Å²) in [6, 6.07) is 11.5. The fourth-order valence-electron chi connectivity index (χ4n) is 3.78. The van der Waals surface area contributed by atoms with Crippen LogP contribution in [0.2, 0.25) is 0 Å². The Morgan fingerprint density at radius 1 is 1.29 bits per heavy atom. The van der Waals surface area contributed by atoms with E-state index in [1.165, 1.54) is 0 Å². The highest BCUT2D eigenvalue weighted by Gasteiger charge is 2.37. The predicted molar refractivity (Wildman–Crippen MR) is 99.5 cm³/mol. The molecule has 2 aliphatic rings. The number of esters is 2. The van der Waals surface area contributed by atoms with Gasteiger partial charge in [-0.1, -0.05) is 25.1 Å². The van der Waals surface area contributed by atoms with Crippen LogP contribution in [-0.4, -0.2) is 21.5 Å². The molecule has 0 saturated heterocycles. The zero-order valence-corrected chi connectivity index (χ0v) is 15.1. The summed E-state index contributed by atoms with van der Waals surface area (Å²) in [7, 11) is 0. The molecular weight excluding hydrogens is 360 g/mol. The molecule has 0 fully saturated rings. The lowest BCUT2D eigenvalue weighted by Gasteiger charge is -2.24. The van der Waals surface area contributed by atoms with Crippen LogP contribution in [0.3, 0.4) is 0 Å². The third-order valence-electron chi connectivity index (χ3n) is 5.20. The second kappa shape index (κ2) is 6.02. The normalized spacial score (nSPS) is 16.9. The number of para-hydroxylation sites is 1. The summed E-state index contributed by atoms with van der Waals surface area (Å²) in [5, 5.41) is 1.00. The Labute approximate surface area is 159 Å². The molecule has 0 N–H and O–H groups in total. The van der Waals surface area contributed by atoms with Gasteiger partial charge in [0.15, 0.2) is 0 Å². The van der Waals surface area contributed by atoms with Gasteiger partial charge < -0.3 is 14.0 Å². The smallest absolute Gasteiger partial charge is 0.352 e. The summed E-state index contributed by atoms with van der Waals surface area (Å²) >= 11 is 0. The molecule has 2 aromatic heterocycles. The minimum atomic E-state index is -1.22. The molecule has 7 heteroatoms.